The Hall–Kier alpha value is -3.97. The van der Waals surface area contributed by atoms with Crippen LogP contribution in [0.3, 0.4) is 0 Å². The van der Waals surface area contributed by atoms with Crippen molar-refractivity contribution in [2.45, 2.75) is 52.7 Å². The minimum Gasteiger partial charge on any atom is -0.390 e. The number of hydrogen-bond donors (Lipinski definition) is 3. The second-order valence-electron chi connectivity index (χ2n) is 9.76. The summed E-state index contributed by atoms with van der Waals surface area (Å²) >= 11 is 0. The second kappa shape index (κ2) is 10.7. The van der Waals surface area contributed by atoms with Crippen LogP contribution in [0.4, 0.5) is 26.5 Å². The summed E-state index contributed by atoms with van der Waals surface area (Å²) in [4.78, 5) is 31.3. The van der Waals surface area contributed by atoms with Gasteiger partial charge in [0.1, 0.15) is 5.82 Å². The van der Waals surface area contributed by atoms with Crippen LogP contribution in [-0.2, 0) is 11.3 Å². The third-order valence-corrected chi connectivity index (χ3v) is 5.60. The van der Waals surface area contributed by atoms with E-state index < -0.39 is 17.4 Å². The van der Waals surface area contributed by atoms with Crippen LogP contribution in [0.2, 0.25) is 0 Å². The van der Waals surface area contributed by atoms with Crippen molar-refractivity contribution in [1.29, 1.82) is 5.26 Å². The molecule has 0 saturated heterocycles. The topological polar surface area (TPSA) is 123 Å². The molecule has 3 aromatic rings. The number of fused-ring (bicyclic) bond motifs is 1. The zero-order valence-electron chi connectivity index (χ0n) is 21.1. The average Bonchev–Trinajstić information content (AvgIpc) is 3.13. The first-order chi connectivity index (χ1) is 16.9. The normalized spacial score (nSPS) is 11.4. The summed E-state index contributed by atoms with van der Waals surface area (Å²) in [6.45, 7) is 7.68. The number of aromatic nitrogens is 2. The molecular weight excluding hydrogens is 463 g/mol. The number of imidazole rings is 1. The number of benzene rings is 2. The van der Waals surface area contributed by atoms with Gasteiger partial charge in [0.25, 0.3) is 0 Å². The van der Waals surface area contributed by atoms with Gasteiger partial charge in [-0.1, -0.05) is 13.8 Å². The SMILES string of the molecule is CC(C)CC(=O)N(C)c1ccc2c(c1)nc(NC(=O)Nc1ccc(C#N)cc1F)n2CCC(C)(C)O. The first-order valence-electron chi connectivity index (χ1n) is 11.6. The highest BCUT2D eigenvalue weighted by molar-refractivity contribution is 6.00. The Balaban J connectivity index is 1.91. The standard InChI is InChI=1S/C26H31FN6O3/c1-16(2)12-23(34)32(5)18-7-9-22-21(14-18)29-24(33(22)11-10-26(3,4)36)31-25(35)30-20-8-6-17(15-28)13-19(20)27/h6-9,13-14,16,36H,10-12H2,1-5H3,(H2,29,30,31,35). The number of aliphatic hydroxyl groups is 1. The van der Waals surface area contributed by atoms with Crippen LogP contribution < -0.4 is 15.5 Å². The van der Waals surface area contributed by atoms with Gasteiger partial charge in [-0.05, 0) is 62.6 Å². The molecule has 9 nitrogen and oxygen atoms in total. The molecular formula is C26H31FN6O3. The summed E-state index contributed by atoms with van der Waals surface area (Å²) in [6, 6.07) is 10.2. The van der Waals surface area contributed by atoms with Crippen molar-refractivity contribution in [3.8, 4) is 6.07 Å². The zero-order chi connectivity index (χ0) is 26.6. The number of nitriles is 1. The maximum absolute atomic E-state index is 14.2. The fraction of sp³-hybridized carbons (Fsp3) is 0.385. The number of aryl methyl sites for hydroxylation is 1. The van der Waals surface area contributed by atoms with Gasteiger partial charge in [-0.15, -0.1) is 0 Å². The Kier molecular flexibility index (Phi) is 7.95. The van der Waals surface area contributed by atoms with Crippen LogP contribution in [0.5, 0.6) is 0 Å². The number of anilines is 3. The van der Waals surface area contributed by atoms with Crippen molar-refractivity contribution in [2.75, 3.05) is 22.6 Å². The van der Waals surface area contributed by atoms with Crippen LogP contribution in [0.15, 0.2) is 36.4 Å². The molecule has 36 heavy (non-hydrogen) atoms. The largest absolute Gasteiger partial charge is 0.390 e. The molecule has 0 aliphatic heterocycles. The van der Waals surface area contributed by atoms with Gasteiger partial charge in [0, 0.05) is 25.7 Å². The minimum atomic E-state index is -0.953. The van der Waals surface area contributed by atoms with Crippen LogP contribution in [-0.4, -0.2) is 39.2 Å². The Morgan fingerprint density at radius 2 is 1.94 bits per heavy atom. The van der Waals surface area contributed by atoms with Gasteiger partial charge in [0.05, 0.1) is 34.0 Å². The van der Waals surface area contributed by atoms with Gasteiger partial charge in [-0.2, -0.15) is 5.26 Å². The summed E-state index contributed by atoms with van der Waals surface area (Å²) in [5, 5.41) is 24.2. The Morgan fingerprint density at radius 3 is 2.56 bits per heavy atom. The van der Waals surface area contributed by atoms with E-state index in [1.165, 1.54) is 12.1 Å². The molecule has 0 spiro atoms. The Bertz CT molecular complexity index is 1320. The van der Waals surface area contributed by atoms with Crippen LogP contribution in [0, 0.1) is 23.1 Å². The van der Waals surface area contributed by atoms with Crippen LogP contribution in [0.1, 0.15) is 46.1 Å². The first-order valence-corrected chi connectivity index (χ1v) is 11.6. The number of carbonyl (C=O) groups is 2. The number of urea groups is 1. The highest BCUT2D eigenvalue weighted by Gasteiger charge is 2.20. The molecule has 0 radical (unpaired) electrons. The van der Waals surface area contributed by atoms with E-state index in [1.54, 1.807) is 42.5 Å². The Morgan fingerprint density at radius 1 is 1.22 bits per heavy atom. The first kappa shape index (κ1) is 26.6. The van der Waals surface area contributed by atoms with Crippen molar-refractivity contribution in [2.24, 2.45) is 5.92 Å². The molecule has 0 atom stereocenters. The van der Waals surface area contributed by atoms with Crippen molar-refractivity contribution in [3.05, 3.63) is 47.8 Å². The maximum atomic E-state index is 14.2. The zero-order valence-corrected chi connectivity index (χ0v) is 21.1. The number of nitrogens with one attached hydrogen (secondary N) is 2. The molecule has 190 valence electrons. The molecule has 3 rings (SSSR count). The molecule has 0 bridgehead atoms. The van der Waals surface area contributed by atoms with E-state index in [9.17, 15) is 19.1 Å². The number of nitrogens with zero attached hydrogens (tertiary/aromatic N) is 4. The molecule has 3 N–H and O–H groups in total. The predicted molar refractivity (Wildman–Crippen MR) is 137 cm³/mol. The molecule has 3 amide bonds. The molecule has 0 unspecified atom stereocenters. The van der Waals surface area contributed by atoms with E-state index in [1.807, 2.05) is 26.0 Å². The fourth-order valence-corrected chi connectivity index (χ4v) is 3.61. The third kappa shape index (κ3) is 6.58. The maximum Gasteiger partial charge on any atom is 0.326 e. The van der Waals surface area contributed by atoms with E-state index in [0.717, 1.165) is 6.07 Å². The number of rotatable bonds is 8. The highest BCUT2D eigenvalue weighted by atomic mass is 19.1. The van der Waals surface area contributed by atoms with E-state index in [-0.39, 0.29) is 29.0 Å². The molecule has 1 heterocycles. The van der Waals surface area contributed by atoms with E-state index in [0.29, 0.717) is 36.1 Å². The monoisotopic (exact) mass is 494 g/mol. The van der Waals surface area contributed by atoms with Gasteiger partial charge in [0.2, 0.25) is 11.9 Å². The number of halogens is 1. The van der Waals surface area contributed by atoms with E-state index in [2.05, 4.69) is 15.6 Å². The number of hydrogen-bond acceptors (Lipinski definition) is 5. The summed E-state index contributed by atoms with van der Waals surface area (Å²) < 4.78 is 16.0. The molecule has 10 heteroatoms. The lowest BCUT2D eigenvalue weighted by atomic mass is 10.1. The van der Waals surface area contributed by atoms with Crippen LogP contribution >= 0.6 is 0 Å². The number of amides is 3. The van der Waals surface area contributed by atoms with Crippen molar-refractivity contribution in [3.63, 3.8) is 0 Å². The lowest BCUT2D eigenvalue weighted by Gasteiger charge is -2.19. The predicted octanol–water partition coefficient (Wildman–Crippen LogP) is 4.86. The second-order valence-corrected chi connectivity index (χ2v) is 9.76. The molecule has 2 aromatic carbocycles. The van der Waals surface area contributed by atoms with Gasteiger partial charge in [-0.3, -0.25) is 10.1 Å². The molecule has 1 aromatic heterocycles. The van der Waals surface area contributed by atoms with Crippen molar-refractivity contribution >= 4 is 40.3 Å². The van der Waals surface area contributed by atoms with Gasteiger partial charge in [-0.25, -0.2) is 14.2 Å². The molecule has 0 fully saturated rings. The van der Waals surface area contributed by atoms with Gasteiger partial charge in [0.15, 0.2) is 0 Å². The van der Waals surface area contributed by atoms with Crippen LogP contribution in [0.25, 0.3) is 11.0 Å². The highest BCUT2D eigenvalue weighted by Crippen LogP contribution is 2.27. The number of carbonyl (C=O) groups excluding carboxylic acids is 2. The van der Waals surface area contributed by atoms with Crippen molar-refractivity contribution in [1.82, 2.24) is 9.55 Å². The lowest BCUT2D eigenvalue weighted by molar-refractivity contribution is -0.119. The third-order valence-electron chi connectivity index (χ3n) is 5.60. The van der Waals surface area contributed by atoms with E-state index >= 15 is 0 Å². The smallest absolute Gasteiger partial charge is 0.326 e. The summed E-state index contributed by atoms with van der Waals surface area (Å²) in [6.07, 6.45) is 0.793. The van der Waals surface area contributed by atoms with Crippen molar-refractivity contribution < 1.29 is 19.1 Å². The lowest BCUT2D eigenvalue weighted by Crippen LogP contribution is -2.27. The van der Waals surface area contributed by atoms with Gasteiger partial charge < -0.3 is 19.9 Å². The van der Waals surface area contributed by atoms with Gasteiger partial charge >= 0.3 is 6.03 Å². The quantitative estimate of drug-likeness (QED) is 0.413. The molecule has 0 saturated carbocycles. The summed E-state index contributed by atoms with van der Waals surface area (Å²) in [5.41, 5.74) is 1.01. The minimum absolute atomic E-state index is 0.0204. The fourth-order valence-electron chi connectivity index (χ4n) is 3.61. The molecule has 0 aliphatic rings. The molecule has 0 aliphatic carbocycles. The summed E-state index contributed by atoms with van der Waals surface area (Å²) in [5.74, 6) is -0.333. The van der Waals surface area contributed by atoms with E-state index in [4.69, 9.17) is 5.26 Å². The average molecular weight is 495 g/mol. The Labute approximate surface area is 209 Å². The summed E-state index contributed by atoms with van der Waals surface area (Å²) in [7, 11) is 1.70.